The van der Waals surface area contributed by atoms with Crippen LogP contribution in [0, 0.1) is 11.3 Å². The third-order valence-electron chi connectivity index (χ3n) is 3.26. The van der Waals surface area contributed by atoms with Crippen LogP contribution < -0.4 is 5.73 Å². The molecule has 7 heteroatoms. The zero-order valence-electron chi connectivity index (χ0n) is 11.2. The van der Waals surface area contributed by atoms with Crippen molar-refractivity contribution in [2.24, 2.45) is 11.7 Å². The Labute approximate surface area is 121 Å². The monoisotopic (exact) mass is 307 g/mol. The molecule has 0 heterocycles. The van der Waals surface area contributed by atoms with E-state index in [4.69, 9.17) is 22.7 Å². The molecule has 0 bridgehead atoms. The Morgan fingerprint density at radius 1 is 1.40 bits per heavy atom. The van der Waals surface area contributed by atoms with Gasteiger partial charge in [0.25, 0.3) is 0 Å². The zero-order valence-corrected chi connectivity index (χ0v) is 12.0. The fourth-order valence-corrected chi connectivity index (χ4v) is 2.17. The van der Waals surface area contributed by atoms with Crippen LogP contribution in [0.1, 0.15) is 18.5 Å². The van der Waals surface area contributed by atoms with E-state index >= 15 is 0 Å². The van der Waals surface area contributed by atoms with E-state index in [1.54, 1.807) is 38.2 Å². The molecule has 112 valence electrons. The van der Waals surface area contributed by atoms with Gasteiger partial charge in [-0.15, -0.1) is 0 Å². The first kappa shape index (κ1) is 16.8. The molecular weight excluding hydrogens is 291 g/mol. The van der Waals surface area contributed by atoms with Crippen LogP contribution in [0.25, 0.3) is 0 Å². The second-order valence-corrected chi connectivity index (χ2v) is 5.09. The van der Waals surface area contributed by atoms with Crippen LogP contribution in [-0.4, -0.2) is 30.5 Å². The van der Waals surface area contributed by atoms with Gasteiger partial charge in [0, 0.05) is 17.6 Å². The number of nitrogens with one attached hydrogen (secondary N) is 1. The molecule has 0 saturated carbocycles. The second kappa shape index (κ2) is 6.45. The van der Waals surface area contributed by atoms with E-state index in [0.717, 1.165) is 5.56 Å². The molecule has 0 aliphatic rings. The van der Waals surface area contributed by atoms with Gasteiger partial charge in [-0.05, 0) is 25.6 Å². The molecule has 0 aromatic heterocycles. The molecule has 1 aromatic rings. The van der Waals surface area contributed by atoms with Crippen molar-refractivity contribution >= 4 is 17.4 Å². The molecule has 0 radical (unpaired) electrons. The fourth-order valence-electron chi connectivity index (χ4n) is 1.88. The Morgan fingerprint density at radius 3 is 2.40 bits per heavy atom. The first-order valence-electron chi connectivity index (χ1n) is 6.00. The third-order valence-corrected chi connectivity index (χ3v) is 3.60. The van der Waals surface area contributed by atoms with E-state index in [-0.39, 0.29) is 12.6 Å². The topological polar surface area (TPSA) is 53.1 Å². The van der Waals surface area contributed by atoms with Gasteiger partial charge in [0.2, 0.25) is 0 Å². The van der Waals surface area contributed by atoms with Gasteiger partial charge in [-0.3, -0.25) is 10.3 Å². The van der Waals surface area contributed by atoms with Crippen molar-refractivity contribution in [1.29, 1.82) is 5.41 Å². The first-order chi connectivity index (χ1) is 9.14. The summed E-state index contributed by atoms with van der Waals surface area (Å²) in [6.07, 6.45) is -4.53. The van der Waals surface area contributed by atoms with Gasteiger partial charge in [0.15, 0.2) is 0 Å². The van der Waals surface area contributed by atoms with E-state index in [2.05, 4.69) is 0 Å². The summed E-state index contributed by atoms with van der Waals surface area (Å²) in [6, 6.07) is 6.67. The summed E-state index contributed by atoms with van der Waals surface area (Å²) in [5.41, 5.74) is 5.79. The Hall–Kier alpha value is -1.27. The van der Waals surface area contributed by atoms with Crippen LogP contribution in [0.15, 0.2) is 24.3 Å². The molecule has 3 nitrogen and oxygen atoms in total. The number of halogens is 4. The van der Waals surface area contributed by atoms with Gasteiger partial charge >= 0.3 is 6.18 Å². The highest BCUT2D eigenvalue weighted by Crippen LogP contribution is 2.31. The van der Waals surface area contributed by atoms with E-state index < -0.39 is 17.9 Å². The highest BCUT2D eigenvalue weighted by Gasteiger charge is 2.42. The van der Waals surface area contributed by atoms with Gasteiger partial charge in [-0.25, -0.2) is 0 Å². The summed E-state index contributed by atoms with van der Waals surface area (Å²) in [5, 5.41) is 7.59. The quantitative estimate of drug-likeness (QED) is 0.646. The van der Waals surface area contributed by atoms with Gasteiger partial charge in [0.05, 0.1) is 0 Å². The Bertz CT molecular complexity index is 476. The summed E-state index contributed by atoms with van der Waals surface area (Å²) in [6.45, 7) is 1.38. The summed E-state index contributed by atoms with van der Waals surface area (Å²) in [4.78, 5) is 1.49. The number of hydrogen-bond donors (Lipinski definition) is 2. The zero-order chi connectivity index (χ0) is 15.5. The van der Waals surface area contributed by atoms with E-state index in [0.29, 0.717) is 5.02 Å². The number of benzene rings is 1. The molecule has 2 unspecified atom stereocenters. The van der Waals surface area contributed by atoms with Crippen LogP contribution in [0.2, 0.25) is 5.02 Å². The molecule has 0 spiro atoms. The largest absolute Gasteiger partial charge is 0.399 e. The Morgan fingerprint density at radius 2 is 1.95 bits per heavy atom. The summed E-state index contributed by atoms with van der Waals surface area (Å²) in [7, 11) is 1.55. The fraction of sp³-hybridized carbons (Fsp3) is 0.462. The normalized spacial score (nSPS) is 15.2. The van der Waals surface area contributed by atoms with Crippen LogP contribution in [0.3, 0.4) is 0 Å². The van der Waals surface area contributed by atoms with Gasteiger partial charge in [-0.2, -0.15) is 13.2 Å². The average molecular weight is 308 g/mol. The van der Waals surface area contributed by atoms with Gasteiger partial charge < -0.3 is 5.73 Å². The van der Waals surface area contributed by atoms with Crippen molar-refractivity contribution < 1.29 is 13.2 Å². The lowest BCUT2D eigenvalue weighted by molar-refractivity contribution is -0.160. The molecule has 1 aromatic carbocycles. The number of amidine groups is 1. The lowest BCUT2D eigenvalue weighted by atomic mass is 10.0. The maximum Gasteiger partial charge on any atom is 0.399 e. The lowest BCUT2D eigenvalue weighted by Crippen LogP contribution is -2.43. The Kier molecular flexibility index (Phi) is 5.42. The van der Waals surface area contributed by atoms with Crippen LogP contribution in [-0.2, 0) is 0 Å². The third kappa shape index (κ3) is 4.11. The minimum absolute atomic E-state index is 0.312. The van der Waals surface area contributed by atoms with E-state index in [1.165, 1.54) is 4.90 Å². The predicted octanol–water partition coefficient (Wildman–Crippen LogP) is 3.45. The minimum atomic E-state index is -4.53. The molecule has 1 rings (SSSR count). The Balaban J connectivity index is 2.87. The van der Waals surface area contributed by atoms with Gasteiger partial charge in [-0.1, -0.05) is 29.8 Å². The molecule has 0 aliphatic heterocycles. The number of nitrogens with two attached hydrogens (primary N) is 1. The molecule has 0 fully saturated rings. The van der Waals surface area contributed by atoms with E-state index in [9.17, 15) is 13.2 Å². The van der Waals surface area contributed by atoms with Gasteiger partial charge in [0.1, 0.15) is 11.8 Å². The average Bonchev–Trinajstić information content (AvgIpc) is 2.33. The van der Waals surface area contributed by atoms with Crippen LogP contribution in [0.5, 0.6) is 0 Å². The summed E-state index contributed by atoms with van der Waals surface area (Å²) in [5.74, 6) is -2.85. The molecule has 0 amide bonds. The smallest absolute Gasteiger partial charge is 0.387 e. The predicted molar refractivity (Wildman–Crippen MR) is 74.0 cm³/mol. The molecule has 0 saturated heterocycles. The second-order valence-electron chi connectivity index (χ2n) is 4.69. The molecule has 20 heavy (non-hydrogen) atoms. The standard InChI is InChI=1S/C13H17ClF3N3/c1-8(9-5-3-4-6-11(9)14)20(2)7-10(12(18)19)13(15,16)17/h3-6,8,10H,7H2,1-2H3,(H3,18,19). The minimum Gasteiger partial charge on any atom is -0.387 e. The maximum atomic E-state index is 12.8. The summed E-state index contributed by atoms with van der Waals surface area (Å²) >= 11 is 6.04. The lowest BCUT2D eigenvalue weighted by Gasteiger charge is -2.30. The molecule has 3 N–H and O–H groups in total. The maximum absolute atomic E-state index is 12.8. The number of rotatable bonds is 5. The van der Waals surface area contributed by atoms with Crippen molar-refractivity contribution in [3.05, 3.63) is 34.9 Å². The number of nitrogens with zero attached hydrogens (tertiary/aromatic N) is 1. The van der Waals surface area contributed by atoms with Crippen LogP contribution >= 0.6 is 11.6 Å². The first-order valence-corrected chi connectivity index (χ1v) is 6.37. The molecular formula is C13H17ClF3N3. The molecule has 0 aliphatic carbocycles. The van der Waals surface area contributed by atoms with Crippen molar-refractivity contribution in [1.82, 2.24) is 4.90 Å². The van der Waals surface area contributed by atoms with Crippen molar-refractivity contribution in [2.45, 2.75) is 19.1 Å². The highest BCUT2D eigenvalue weighted by molar-refractivity contribution is 6.31. The molecule has 2 atom stereocenters. The SMILES string of the molecule is CC(c1ccccc1Cl)N(C)CC(C(=N)N)C(F)(F)F. The number of alkyl halides is 3. The summed E-state index contributed by atoms with van der Waals surface area (Å²) < 4.78 is 38.4. The number of hydrogen-bond acceptors (Lipinski definition) is 2. The van der Waals surface area contributed by atoms with Crippen LogP contribution in [0.4, 0.5) is 13.2 Å². The van der Waals surface area contributed by atoms with Crippen molar-refractivity contribution in [3.63, 3.8) is 0 Å². The highest BCUT2D eigenvalue weighted by atomic mass is 35.5. The van der Waals surface area contributed by atoms with Crippen molar-refractivity contribution in [3.8, 4) is 0 Å². The van der Waals surface area contributed by atoms with Crippen molar-refractivity contribution in [2.75, 3.05) is 13.6 Å². The van der Waals surface area contributed by atoms with E-state index in [1.807, 2.05) is 0 Å².